The van der Waals surface area contributed by atoms with Crippen molar-refractivity contribution in [2.75, 3.05) is 13.7 Å². The Morgan fingerprint density at radius 1 is 1.53 bits per heavy atom. The number of nitrogens with one attached hydrogen (secondary N) is 1. The molecule has 0 fully saturated rings. The summed E-state index contributed by atoms with van der Waals surface area (Å²) >= 11 is 0. The van der Waals surface area contributed by atoms with Crippen molar-refractivity contribution in [1.82, 2.24) is 10.3 Å². The van der Waals surface area contributed by atoms with E-state index in [9.17, 15) is 0 Å². The van der Waals surface area contributed by atoms with E-state index in [4.69, 9.17) is 11.2 Å². The van der Waals surface area contributed by atoms with Crippen LogP contribution in [0.2, 0.25) is 0 Å². The monoisotopic (exact) mass is 204 g/mol. The lowest BCUT2D eigenvalue weighted by molar-refractivity contribution is 0.412. The van der Waals surface area contributed by atoms with Gasteiger partial charge in [-0.05, 0) is 6.92 Å². The number of hydrogen-bond acceptors (Lipinski definition) is 3. The largest absolute Gasteiger partial charge is 0.497 e. The van der Waals surface area contributed by atoms with Gasteiger partial charge in [0, 0.05) is 37.3 Å². The van der Waals surface area contributed by atoms with Crippen LogP contribution in [-0.4, -0.2) is 18.6 Å². The third kappa shape index (κ3) is 4.01. The molecule has 0 bridgehead atoms. The van der Waals surface area contributed by atoms with Crippen LogP contribution in [0.25, 0.3) is 0 Å². The van der Waals surface area contributed by atoms with Crippen LogP contribution in [0.5, 0.6) is 5.75 Å². The molecule has 0 saturated heterocycles. The summed E-state index contributed by atoms with van der Waals surface area (Å²) in [5.41, 5.74) is 1.94. The van der Waals surface area contributed by atoms with E-state index < -0.39 is 0 Å². The van der Waals surface area contributed by atoms with Crippen LogP contribution >= 0.6 is 0 Å². The van der Waals surface area contributed by atoms with Crippen LogP contribution in [-0.2, 0) is 6.54 Å². The zero-order valence-electron chi connectivity index (χ0n) is 9.21. The molecule has 0 aliphatic rings. The van der Waals surface area contributed by atoms with Gasteiger partial charge in [0.25, 0.3) is 0 Å². The Morgan fingerprint density at radius 2 is 2.33 bits per heavy atom. The molecule has 1 heterocycles. The van der Waals surface area contributed by atoms with Crippen molar-refractivity contribution in [3.8, 4) is 18.1 Å². The van der Waals surface area contributed by atoms with Gasteiger partial charge in [-0.3, -0.25) is 4.98 Å². The Morgan fingerprint density at radius 3 is 3.00 bits per heavy atom. The number of methoxy groups -OCH3 is 1. The lowest BCUT2D eigenvalue weighted by Crippen LogP contribution is -2.15. The Balaban J connectivity index is 2.53. The van der Waals surface area contributed by atoms with Crippen LogP contribution in [0, 0.1) is 19.3 Å². The number of pyridine rings is 1. The third-order valence-corrected chi connectivity index (χ3v) is 1.97. The summed E-state index contributed by atoms with van der Waals surface area (Å²) in [7, 11) is 1.66. The second-order valence-electron chi connectivity index (χ2n) is 3.27. The molecule has 15 heavy (non-hydrogen) atoms. The molecular formula is C12H16N2O. The number of terminal acetylenes is 1. The molecule has 80 valence electrons. The standard InChI is InChI=1S/C12H16N2O/c1-4-5-6-13-9-11-8-12(15-3)7-10(2)14-11/h1,7-8,13H,5-6,9H2,2-3H3. The van der Waals surface area contributed by atoms with Crippen molar-refractivity contribution in [1.29, 1.82) is 0 Å². The van der Waals surface area contributed by atoms with Gasteiger partial charge in [-0.1, -0.05) is 0 Å². The van der Waals surface area contributed by atoms with Gasteiger partial charge in [0.15, 0.2) is 0 Å². The van der Waals surface area contributed by atoms with Gasteiger partial charge in [-0.25, -0.2) is 0 Å². The predicted octanol–water partition coefficient (Wildman–Crippen LogP) is 1.51. The van der Waals surface area contributed by atoms with E-state index in [1.807, 2.05) is 19.1 Å². The van der Waals surface area contributed by atoms with Gasteiger partial charge in [0.05, 0.1) is 12.8 Å². The smallest absolute Gasteiger partial charge is 0.122 e. The van der Waals surface area contributed by atoms with Crippen LogP contribution in [0.15, 0.2) is 12.1 Å². The van der Waals surface area contributed by atoms with Crippen LogP contribution in [0.1, 0.15) is 17.8 Å². The Kier molecular flexibility index (Phi) is 4.65. The zero-order chi connectivity index (χ0) is 11.1. The number of aryl methyl sites for hydroxylation is 1. The molecule has 0 aliphatic heterocycles. The number of rotatable bonds is 5. The molecule has 0 radical (unpaired) electrons. The summed E-state index contributed by atoms with van der Waals surface area (Å²) in [5, 5.41) is 3.22. The van der Waals surface area contributed by atoms with Crippen molar-refractivity contribution < 1.29 is 4.74 Å². The summed E-state index contributed by atoms with van der Waals surface area (Å²) in [6, 6.07) is 3.83. The molecule has 1 N–H and O–H groups in total. The Bertz CT molecular complexity index is 355. The SMILES string of the molecule is C#CCCNCc1cc(OC)cc(C)n1. The lowest BCUT2D eigenvalue weighted by atomic mass is 10.3. The maximum atomic E-state index is 5.16. The average Bonchev–Trinajstić information content (AvgIpc) is 2.23. The maximum Gasteiger partial charge on any atom is 0.122 e. The molecule has 3 heteroatoms. The van der Waals surface area contributed by atoms with Crippen molar-refractivity contribution in [2.24, 2.45) is 0 Å². The van der Waals surface area contributed by atoms with E-state index in [1.54, 1.807) is 7.11 Å². The topological polar surface area (TPSA) is 34.1 Å². The minimum Gasteiger partial charge on any atom is -0.497 e. The third-order valence-electron chi connectivity index (χ3n) is 1.97. The number of nitrogens with zero attached hydrogens (tertiary/aromatic N) is 1. The highest BCUT2D eigenvalue weighted by Gasteiger charge is 1.99. The van der Waals surface area contributed by atoms with Crippen molar-refractivity contribution in [3.05, 3.63) is 23.5 Å². The maximum absolute atomic E-state index is 5.16. The average molecular weight is 204 g/mol. The highest BCUT2D eigenvalue weighted by Crippen LogP contribution is 2.12. The van der Waals surface area contributed by atoms with Crippen LogP contribution in [0.4, 0.5) is 0 Å². The molecule has 0 aromatic carbocycles. The summed E-state index contributed by atoms with van der Waals surface area (Å²) in [5.74, 6) is 3.42. The summed E-state index contributed by atoms with van der Waals surface area (Å²) in [6.07, 6.45) is 5.89. The predicted molar refractivity (Wildman–Crippen MR) is 60.7 cm³/mol. The second kappa shape index (κ2) is 6.05. The van der Waals surface area contributed by atoms with E-state index in [0.29, 0.717) is 0 Å². The number of aromatic nitrogens is 1. The van der Waals surface area contributed by atoms with Gasteiger partial charge < -0.3 is 10.1 Å². The Hall–Kier alpha value is -1.53. The number of ether oxygens (including phenoxy) is 1. The number of hydrogen-bond donors (Lipinski definition) is 1. The lowest BCUT2D eigenvalue weighted by Gasteiger charge is -2.06. The quantitative estimate of drug-likeness (QED) is 0.583. The van der Waals surface area contributed by atoms with E-state index in [1.165, 1.54) is 0 Å². The van der Waals surface area contributed by atoms with Gasteiger partial charge in [-0.2, -0.15) is 0 Å². The minimum atomic E-state index is 0.722. The van der Waals surface area contributed by atoms with E-state index in [0.717, 1.165) is 36.6 Å². The van der Waals surface area contributed by atoms with Gasteiger partial charge in [0.1, 0.15) is 5.75 Å². The van der Waals surface area contributed by atoms with Gasteiger partial charge in [0.2, 0.25) is 0 Å². The molecule has 1 aromatic heterocycles. The summed E-state index contributed by atoms with van der Waals surface area (Å²) in [6.45, 7) is 3.49. The highest BCUT2D eigenvalue weighted by atomic mass is 16.5. The van der Waals surface area contributed by atoms with Gasteiger partial charge >= 0.3 is 0 Å². The molecule has 0 aliphatic carbocycles. The molecule has 0 saturated carbocycles. The summed E-state index contributed by atoms with van der Waals surface area (Å²) < 4.78 is 5.16. The van der Waals surface area contributed by atoms with E-state index in [2.05, 4.69) is 16.2 Å². The zero-order valence-corrected chi connectivity index (χ0v) is 9.21. The molecule has 3 nitrogen and oxygen atoms in total. The second-order valence-corrected chi connectivity index (χ2v) is 3.27. The first-order valence-electron chi connectivity index (χ1n) is 4.92. The first kappa shape index (κ1) is 11.5. The summed E-state index contributed by atoms with van der Waals surface area (Å²) in [4.78, 5) is 4.39. The molecule has 1 aromatic rings. The molecule has 1 rings (SSSR count). The molecule has 0 amide bonds. The molecule has 0 spiro atoms. The van der Waals surface area contributed by atoms with E-state index in [-0.39, 0.29) is 0 Å². The fourth-order valence-corrected chi connectivity index (χ4v) is 1.29. The first-order valence-corrected chi connectivity index (χ1v) is 4.92. The molecular weight excluding hydrogens is 188 g/mol. The van der Waals surface area contributed by atoms with Crippen LogP contribution in [0.3, 0.4) is 0 Å². The van der Waals surface area contributed by atoms with Gasteiger partial charge in [-0.15, -0.1) is 12.3 Å². The van der Waals surface area contributed by atoms with Crippen molar-refractivity contribution in [2.45, 2.75) is 19.9 Å². The minimum absolute atomic E-state index is 0.722. The molecule has 0 atom stereocenters. The van der Waals surface area contributed by atoms with E-state index >= 15 is 0 Å². The first-order chi connectivity index (χ1) is 7.26. The molecule has 0 unspecified atom stereocenters. The Labute approximate surface area is 90.9 Å². The normalized spacial score (nSPS) is 9.67. The fourth-order valence-electron chi connectivity index (χ4n) is 1.29. The van der Waals surface area contributed by atoms with Crippen molar-refractivity contribution in [3.63, 3.8) is 0 Å². The van der Waals surface area contributed by atoms with Crippen LogP contribution < -0.4 is 10.1 Å². The highest BCUT2D eigenvalue weighted by molar-refractivity contribution is 5.26. The fraction of sp³-hybridized carbons (Fsp3) is 0.417. The van der Waals surface area contributed by atoms with Crippen molar-refractivity contribution >= 4 is 0 Å².